The Morgan fingerprint density at radius 3 is 2.63 bits per heavy atom. The number of aromatic nitrogens is 2. The van der Waals surface area contributed by atoms with Crippen LogP contribution in [0.1, 0.15) is 36.0 Å². The summed E-state index contributed by atoms with van der Waals surface area (Å²) < 4.78 is 39.3. The molecule has 30 heavy (non-hydrogen) atoms. The fourth-order valence-electron chi connectivity index (χ4n) is 2.65. The predicted octanol–water partition coefficient (Wildman–Crippen LogP) is 5.62. The van der Waals surface area contributed by atoms with Crippen molar-refractivity contribution in [3.8, 4) is 0 Å². The maximum absolute atomic E-state index is 13.1. The summed E-state index contributed by atoms with van der Waals surface area (Å²) in [4.78, 5) is 8.62. The van der Waals surface area contributed by atoms with Gasteiger partial charge in [0.1, 0.15) is 15.2 Å². The van der Waals surface area contributed by atoms with Gasteiger partial charge in [0.25, 0.3) is 0 Å². The number of aliphatic hydroxyl groups is 1. The van der Waals surface area contributed by atoms with Crippen LogP contribution in [0.4, 0.5) is 13.2 Å². The Hall–Kier alpha value is -1.62. The van der Waals surface area contributed by atoms with Crippen molar-refractivity contribution in [2.24, 2.45) is 10.2 Å². The van der Waals surface area contributed by atoms with Crippen molar-refractivity contribution in [3.05, 3.63) is 46.1 Å². The summed E-state index contributed by atoms with van der Waals surface area (Å²) in [7, 11) is 0. The SMILES string of the molecule is Cc1cc(C2=NN=C(Sc3cc(Cl)nc(SCCCCO)n3)C2)cc(C(F)(F)F)c1. The number of thioether (sulfide) groups is 2. The van der Waals surface area contributed by atoms with Gasteiger partial charge < -0.3 is 5.11 Å². The van der Waals surface area contributed by atoms with Crippen LogP contribution in [-0.2, 0) is 6.18 Å². The van der Waals surface area contributed by atoms with E-state index in [1.807, 2.05) is 0 Å². The molecule has 1 aliphatic rings. The van der Waals surface area contributed by atoms with Gasteiger partial charge in [-0.05, 0) is 43.0 Å². The van der Waals surface area contributed by atoms with Crippen LogP contribution in [0.2, 0.25) is 5.15 Å². The molecule has 0 radical (unpaired) electrons. The predicted molar refractivity (Wildman–Crippen MR) is 115 cm³/mol. The lowest BCUT2D eigenvalue weighted by Crippen LogP contribution is -2.09. The van der Waals surface area contributed by atoms with Crippen LogP contribution in [0, 0.1) is 6.92 Å². The third kappa shape index (κ3) is 6.44. The van der Waals surface area contributed by atoms with E-state index < -0.39 is 11.7 Å². The van der Waals surface area contributed by atoms with E-state index in [9.17, 15) is 13.2 Å². The van der Waals surface area contributed by atoms with Gasteiger partial charge in [-0.2, -0.15) is 18.3 Å². The zero-order valence-corrected chi connectivity index (χ0v) is 18.3. The molecule has 1 aromatic carbocycles. The van der Waals surface area contributed by atoms with E-state index in [0.717, 1.165) is 24.3 Å². The van der Waals surface area contributed by atoms with Gasteiger partial charge in [-0.15, -0.1) is 5.10 Å². The molecule has 0 bridgehead atoms. The Morgan fingerprint density at radius 2 is 1.90 bits per heavy atom. The highest BCUT2D eigenvalue weighted by molar-refractivity contribution is 8.14. The maximum atomic E-state index is 13.1. The molecule has 0 atom stereocenters. The number of benzene rings is 1. The third-order valence-electron chi connectivity index (χ3n) is 4.00. The minimum Gasteiger partial charge on any atom is -0.396 e. The van der Waals surface area contributed by atoms with Crippen LogP contribution in [-0.4, -0.2) is 38.2 Å². The van der Waals surface area contributed by atoms with E-state index in [4.69, 9.17) is 16.7 Å². The summed E-state index contributed by atoms with van der Waals surface area (Å²) >= 11 is 8.79. The number of hydrogen-bond donors (Lipinski definition) is 1. The normalized spacial score (nSPS) is 14.1. The molecular formula is C19H18ClF3N4OS2. The van der Waals surface area contributed by atoms with E-state index >= 15 is 0 Å². The summed E-state index contributed by atoms with van der Waals surface area (Å²) in [5.74, 6) is 0.758. The molecule has 1 N–H and O–H groups in total. The molecule has 3 rings (SSSR count). The van der Waals surface area contributed by atoms with Crippen molar-refractivity contribution >= 4 is 45.9 Å². The number of alkyl halides is 3. The lowest BCUT2D eigenvalue weighted by molar-refractivity contribution is -0.137. The highest BCUT2D eigenvalue weighted by Crippen LogP contribution is 2.32. The van der Waals surface area contributed by atoms with E-state index in [2.05, 4.69) is 20.2 Å². The summed E-state index contributed by atoms with van der Waals surface area (Å²) in [5, 5.41) is 19.0. The smallest absolute Gasteiger partial charge is 0.396 e. The Morgan fingerprint density at radius 1 is 1.10 bits per heavy atom. The van der Waals surface area contributed by atoms with Crippen LogP contribution in [0.5, 0.6) is 0 Å². The van der Waals surface area contributed by atoms with Gasteiger partial charge in [0.2, 0.25) is 0 Å². The van der Waals surface area contributed by atoms with Gasteiger partial charge in [0.15, 0.2) is 5.16 Å². The van der Waals surface area contributed by atoms with Crippen molar-refractivity contribution in [2.45, 2.75) is 42.5 Å². The zero-order valence-electron chi connectivity index (χ0n) is 15.9. The van der Waals surface area contributed by atoms with Gasteiger partial charge in [0.05, 0.1) is 11.3 Å². The number of unbranched alkanes of at least 4 members (excludes halogenated alkanes) is 1. The van der Waals surface area contributed by atoms with Crippen molar-refractivity contribution < 1.29 is 18.3 Å². The average molecular weight is 475 g/mol. The summed E-state index contributed by atoms with van der Waals surface area (Å²) in [5.41, 5.74) is 0.689. The van der Waals surface area contributed by atoms with E-state index in [-0.39, 0.29) is 6.61 Å². The highest BCUT2D eigenvalue weighted by Gasteiger charge is 2.31. The summed E-state index contributed by atoms with van der Waals surface area (Å²) in [6.45, 7) is 1.76. The van der Waals surface area contributed by atoms with Gasteiger partial charge in [-0.3, -0.25) is 0 Å². The largest absolute Gasteiger partial charge is 0.416 e. The molecule has 0 saturated heterocycles. The number of halogens is 4. The standard InChI is InChI=1S/C19H18ClF3N4OS2/c1-11-6-12(8-13(7-11)19(21,22)23)14-9-17(27-26-14)30-16-10-15(20)24-18(25-16)29-5-3-2-4-28/h6-8,10,28H,2-5,9H2,1H3. The quantitative estimate of drug-likeness (QED) is 0.244. The molecule has 1 aliphatic heterocycles. The van der Waals surface area contributed by atoms with Crippen LogP contribution in [0.15, 0.2) is 44.7 Å². The molecule has 0 fully saturated rings. The monoisotopic (exact) mass is 474 g/mol. The highest BCUT2D eigenvalue weighted by atomic mass is 35.5. The summed E-state index contributed by atoms with van der Waals surface area (Å²) in [6, 6.07) is 5.48. The minimum absolute atomic E-state index is 0.144. The van der Waals surface area contributed by atoms with Crippen LogP contribution in [0.3, 0.4) is 0 Å². The number of nitrogens with zero attached hydrogens (tertiary/aromatic N) is 4. The minimum atomic E-state index is -4.42. The van der Waals surface area contributed by atoms with Crippen molar-refractivity contribution in [1.82, 2.24) is 9.97 Å². The number of aliphatic hydroxyl groups excluding tert-OH is 1. The molecule has 0 aliphatic carbocycles. The van der Waals surface area contributed by atoms with Crippen LogP contribution in [0.25, 0.3) is 0 Å². The lowest BCUT2D eigenvalue weighted by atomic mass is 10.0. The first-order valence-corrected chi connectivity index (χ1v) is 11.2. The Kier molecular flexibility index (Phi) is 7.78. The van der Waals surface area contributed by atoms with Gasteiger partial charge in [0, 0.05) is 24.8 Å². The van der Waals surface area contributed by atoms with Crippen molar-refractivity contribution in [2.75, 3.05) is 12.4 Å². The topological polar surface area (TPSA) is 70.7 Å². The molecular weight excluding hydrogens is 457 g/mol. The molecule has 160 valence electrons. The number of rotatable bonds is 7. The van der Waals surface area contributed by atoms with Crippen molar-refractivity contribution in [3.63, 3.8) is 0 Å². The second-order valence-electron chi connectivity index (χ2n) is 6.50. The fourth-order valence-corrected chi connectivity index (χ4v) is 4.70. The number of hydrogen-bond acceptors (Lipinski definition) is 7. The molecule has 11 heteroatoms. The molecule has 2 heterocycles. The second kappa shape index (κ2) is 10.1. The Balaban J connectivity index is 1.66. The maximum Gasteiger partial charge on any atom is 0.416 e. The van der Waals surface area contributed by atoms with Crippen LogP contribution < -0.4 is 0 Å². The average Bonchev–Trinajstić information content (AvgIpc) is 3.12. The first kappa shape index (κ1) is 23.1. The molecule has 2 aromatic rings. The first-order chi connectivity index (χ1) is 14.2. The lowest BCUT2D eigenvalue weighted by Gasteiger charge is -2.10. The molecule has 0 amide bonds. The van der Waals surface area contributed by atoms with Gasteiger partial charge >= 0.3 is 6.18 Å². The molecule has 0 unspecified atom stereocenters. The first-order valence-electron chi connectivity index (χ1n) is 9.03. The summed E-state index contributed by atoms with van der Waals surface area (Å²) in [6.07, 6.45) is -2.56. The van der Waals surface area contributed by atoms with E-state index in [0.29, 0.717) is 50.1 Å². The molecule has 0 saturated carbocycles. The van der Waals surface area contributed by atoms with E-state index in [1.165, 1.54) is 23.5 Å². The van der Waals surface area contributed by atoms with Crippen molar-refractivity contribution in [1.29, 1.82) is 0 Å². The van der Waals surface area contributed by atoms with Gasteiger partial charge in [-0.1, -0.05) is 41.2 Å². The second-order valence-corrected chi connectivity index (χ2v) is 9.04. The zero-order chi connectivity index (χ0) is 21.7. The number of aryl methyl sites for hydroxylation is 1. The molecule has 5 nitrogen and oxygen atoms in total. The Labute approximate surface area is 185 Å². The fraction of sp³-hybridized carbons (Fsp3) is 0.368. The van der Waals surface area contributed by atoms with E-state index in [1.54, 1.807) is 19.1 Å². The van der Waals surface area contributed by atoms with Crippen LogP contribution >= 0.6 is 35.1 Å². The van der Waals surface area contributed by atoms with Gasteiger partial charge in [-0.25, -0.2) is 9.97 Å². The third-order valence-corrected chi connectivity index (χ3v) is 6.00. The molecule has 0 spiro atoms. The molecule has 1 aromatic heterocycles. The Bertz CT molecular complexity index is 983.